The summed E-state index contributed by atoms with van der Waals surface area (Å²) >= 11 is 0. The molecule has 5 heteroatoms. The Kier molecular flexibility index (Phi) is 3.72. The van der Waals surface area contributed by atoms with E-state index in [0.717, 1.165) is 12.3 Å². The number of nitrogens with zero attached hydrogens (tertiary/aromatic N) is 2. The van der Waals surface area contributed by atoms with E-state index in [1.165, 1.54) is 5.56 Å². The first-order chi connectivity index (χ1) is 8.28. The monoisotopic (exact) mass is 233 g/mol. The molecule has 0 bridgehead atoms. The molecule has 0 saturated heterocycles. The summed E-state index contributed by atoms with van der Waals surface area (Å²) in [7, 11) is 1.91. The second-order valence-electron chi connectivity index (χ2n) is 3.70. The summed E-state index contributed by atoms with van der Waals surface area (Å²) in [6, 6.07) is 7.89. The minimum atomic E-state index is 0.295. The second kappa shape index (κ2) is 5.45. The fraction of sp³-hybridized carbons (Fsp3) is 0.333. The van der Waals surface area contributed by atoms with Crippen LogP contribution in [0.4, 0.5) is 0 Å². The van der Waals surface area contributed by atoms with Crippen molar-refractivity contribution in [3.05, 3.63) is 41.5 Å². The molecule has 2 aromatic rings. The average molecular weight is 233 g/mol. The predicted molar refractivity (Wildman–Crippen MR) is 62.6 cm³/mol. The Morgan fingerprint density at radius 2 is 2.29 bits per heavy atom. The van der Waals surface area contributed by atoms with Crippen LogP contribution in [0.5, 0.6) is 5.75 Å². The number of nitrogens with one attached hydrogen (secondary N) is 1. The molecule has 0 saturated carbocycles. The van der Waals surface area contributed by atoms with Gasteiger partial charge >= 0.3 is 0 Å². The van der Waals surface area contributed by atoms with Crippen LogP contribution in [0.15, 0.2) is 28.8 Å². The molecule has 0 radical (unpaired) electrons. The van der Waals surface area contributed by atoms with Crippen molar-refractivity contribution >= 4 is 0 Å². The van der Waals surface area contributed by atoms with Crippen LogP contribution >= 0.6 is 0 Å². The topological polar surface area (TPSA) is 60.2 Å². The first kappa shape index (κ1) is 11.6. The molecule has 0 spiro atoms. The Morgan fingerprint density at radius 1 is 1.41 bits per heavy atom. The largest absolute Gasteiger partial charge is 0.484 e. The molecule has 1 N–H and O–H groups in total. The number of aromatic nitrogens is 2. The van der Waals surface area contributed by atoms with Gasteiger partial charge < -0.3 is 14.6 Å². The minimum absolute atomic E-state index is 0.295. The maximum atomic E-state index is 5.57. The standard InChI is InChI=1S/C12H15N3O2/c1-9-14-12(17-15-9)8-16-11-5-3-4-10(6-11)7-13-2/h3-6,13H,7-8H2,1-2H3. The summed E-state index contributed by atoms with van der Waals surface area (Å²) in [5.41, 5.74) is 1.17. The predicted octanol–water partition coefficient (Wildman–Crippen LogP) is 1.68. The molecule has 17 heavy (non-hydrogen) atoms. The van der Waals surface area contributed by atoms with E-state index in [4.69, 9.17) is 9.26 Å². The molecule has 0 aliphatic rings. The number of benzene rings is 1. The molecule has 0 aliphatic heterocycles. The van der Waals surface area contributed by atoms with Gasteiger partial charge in [-0.25, -0.2) is 0 Å². The van der Waals surface area contributed by atoms with Crippen LogP contribution in [-0.4, -0.2) is 17.2 Å². The van der Waals surface area contributed by atoms with Gasteiger partial charge in [-0.15, -0.1) is 0 Å². The lowest BCUT2D eigenvalue weighted by Gasteiger charge is -2.05. The summed E-state index contributed by atoms with van der Waals surface area (Å²) in [4.78, 5) is 4.07. The average Bonchev–Trinajstić information content (AvgIpc) is 2.74. The van der Waals surface area contributed by atoms with E-state index in [0.29, 0.717) is 18.3 Å². The highest BCUT2D eigenvalue weighted by atomic mass is 16.5. The molecule has 0 amide bonds. The van der Waals surface area contributed by atoms with Gasteiger partial charge in [0, 0.05) is 6.54 Å². The number of ether oxygens (including phenoxy) is 1. The SMILES string of the molecule is CNCc1cccc(OCc2nc(C)no2)c1. The fourth-order valence-corrected chi connectivity index (χ4v) is 1.49. The summed E-state index contributed by atoms with van der Waals surface area (Å²) in [6.07, 6.45) is 0. The number of rotatable bonds is 5. The Morgan fingerprint density at radius 3 is 3.00 bits per heavy atom. The Labute approximate surface area is 99.8 Å². The third-order valence-corrected chi connectivity index (χ3v) is 2.21. The Hall–Kier alpha value is -1.88. The van der Waals surface area contributed by atoms with Crippen LogP contribution in [0.25, 0.3) is 0 Å². The van der Waals surface area contributed by atoms with Crippen molar-refractivity contribution in [1.82, 2.24) is 15.5 Å². The smallest absolute Gasteiger partial charge is 0.264 e. The number of aryl methyl sites for hydroxylation is 1. The van der Waals surface area contributed by atoms with Crippen LogP contribution in [-0.2, 0) is 13.2 Å². The number of hydrogen-bond acceptors (Lipinski definition) is 5. The zero-order chi connectivity index (χ0) is 12.1. The van der Waals surface area contributed by atoms with Crippen molar-refractivity contribution in [1.29, 1.82) is 0 Å². The van der Waals surface area contributed by atoms with E-state index >= 15 is 0 Å². The molecule has 1 heterocycles. The van der Waals surface area contributed by atoms with Crippen molar-refractivity contribution in [3.8, 4) is 5.75 Å². The zero-order valence-electron chi connectivity index (χ0n) is 9.93. The van der Waals surface area contributed by atoms with Gasteiger partial charge in [0.1, 0.15) is 5.75 Å². The summed E-state index contributed by atoms with van der Waals surface area (Å²) in [6.45, 7) is 2.89. The molecule has 2 rings (SSSR count). The lowest BCUT2D eigenvalue weighted by molar-refractivity contribution is 0.242. The maximum absolute atomic E-state index is 5.57. The fourth-order valence-electron chi connectivity index (χ4n) is 1.49. The lowest BCUT2D eigenvalue weighted by Crippen LogP contribution is -2.05. The maximum Gasteiger partial charge on any atom is 0.264 e. The number of hydrogen-bond donors (Lipinski definition) is 1. The van der Waals surface area contributed by atoms with Crippen LogP contribution in [0.3, 0.4) is 0 Å². The van der Waals surface area contributed by atoms with Crippen LogP contribution in [0, 0.1) is 6.92 Å². The first-order valence-corrected chi connectivity index (χ1v) is 5.43. The molecule has 90 valence electrons. The van der Waals surface area contributed by atoms with Crippen molar-refractivity contribution < 1.29 is 9.26 Å². The molecule has 5 nitrogen and oxygen atoms in total. The van der Waals surface area contributed by atoms with Gasteiger partial charge in [-0.3, -0.25) is 0 Å². The highest BCUT2D eigenvalue weighted by molar-refractivity contribution is 5.28. The van der Waals surface area contributed by atoms with E-state index in [1.54, 1.807) is 6.92 Å². The Balaban J connectivity index is 1.96. The third-order valence-electron chi connectivity index (χ3n) is 2.21. The van der Waals surface area contributed by atoms with Gasteiger partial charge in [0.15, 0.2) is 12.4 Å². The van der Waals surface area contributed by atoms with Gasteiger partial charge in [0.25, 0.3) is 5.89 Å². The summed E-state index contributed by atoms with van der Waals surface area (Å²) in [5, 5.41) is 6.79. The van der Waals surface area contributed by atoms with Gasteiger partial charge in [-0.2, -0.15) is 4.98 Å². The van der Waals surface area contributed by atoms with E-state index < -0.39 is 0 Å². The van der Waals surface area contributed by atoms with Gasteiger partial charge in [0.05, 0.1) is 0 Å². The summed E-state index contributed by atoms with van der Waals surface area (Å²) < 4.78 is 10.5. The molecule has 0 aliphatic carbocycles. The van der Waals surface area contributed by atoms with Gasteiger partial charge in [0.2, 0.25) is 0 Å². The lowest BCUT2D eigenvalue weighted by atomic mass is 10.2. The molecular weight excluding hydrogens is 218 g/mol. The molecular formula is C12H15N3O2. The molecule has 0 fully saturated rings. The van der Waals surface area contributed by atoms with E-state index in [9.17, 15) is 0 Å². The van der Waals surface area contributed by atoms with Crippen LogP contribution in [0.2, 0.25) is 0 Å². The van der Waals surface area contributed by atoms with Crippen molar-refractivity contribution in [2.75, 3.05) is 7.05 Å². The van der Waals surface area contributed by atoms with E-state index in [-0.39, 0.29) is 0 Å². The minimum Gasteiger partial charge on any atom is -0.484 e. The van der Waals surface area contributed by atoms with Crippen molar-refractivity contribution in [3.63, 3.8) is 0 Å². The quantitative estimate of drug-likeness (QED) is 0.851. The summed E-state index contributed by atoms with van der Waals surface area (Å²) in [5.74, 6) is 1.91. The Bertz CT molecular complexity index is 482. The van der Waals surface area contributed by atoms with Gasteiger partial charge in [-0.1, -0.05) is 17.3 Å². The second-order valence-corrected chi connectivity index (χ2v) is 3.70. The first-order valence-electron chi connectivity index (χ1n) is 5.43. The molecule has 1 aromatic heterocycles. The van der Waals surface area contributed by atoms with Crippen LogP contribution in [0.1, 0.15) is 17.3 Å². The van der Waals surface area contributed by atoms with E-state index in [2.05, 4.69) is 15.5 Å². The molecule has 0 atom stereocenters. The third kappa shape index (κ3) is 3.29. The van der Waals surface area contributed by atoms with Crippen molar-refractivity contribution in [2.45, 2.75) is 20.1 Å². The van der Waals surface area contributed by atoms with Crippen molar-refractivity contribution in [2.24, 2.45) is 0 Å². The highest BCUT2D eigenvalue weighted by Gasteiger charge is 2.03. The van der Waals surface area contributed by atoms with E-state index in [1.807, 2.05) is 31.3 Å². The zero-order valence-corrected chi connectivity index (χ0v) is 9.93. The highest BCUT2D eigenvalue weighted by Crippen LogP contribution is 2.14. The normalized spacial score (nSPS) is 10.5. The molecule has 0 unspecified atom stereocenters. The van der Waals surface area contributed by atoms with Crippen LogP contribution < -0.4 is 10.1 Å². The van der Waals surface area contributed by atoms with Gasteiger partial charge in [-0.05, 0) is 31.7 Å². The molecule has 1 aromatic carbocycles.